The highest BCUT2D eigenvalue weighted by Gasteiger charge is 2.26. The second-order valence-electron chi connectivity index (χ2n) is 7.28. The molecule has 14 heteroatoms. The number of amides is 2. The van der Waals surface area contributed by atoms with Crippen LogP contribution < -0.4 is 21.6 Å². The van der Waals surface area contributed by atoms with Crippen LogP contribution >= 0.6 is 0 Å². The Morgan fingerprint density at radius 1 is 1.21 bits per heavy atom. The van der Waals surface area contributed by atoms with Crippen LogP contribution in [0, 0.1) is 0 Å². The first-order chi connectivity index (χ1) is 16.0. The van der Waals surface area contributed by atoms with Crippen molar-refractivity contribution < 1.29 is 19.0 Å². The molecular formula is C19H22N10O4. The maximum absolute atomic E-state index is 13.0. The number of carbonyl (C=O) groups is 2. The summed E-state index contributed by atoms with van der Waals surface area (Å²) in [5.41, 5.74) is 14.6. The standard InChI is InChI=1S/C19H22N10O4/c20-15(30)11-32-13-5-3-12(4-6-13)9-22-24-19(31)16-14(10-28-7-1-2-8-28)23-27-29(16)18-17(21)25-33-26-18/h3-6,9H,1-2,7-8,10-11H2,(H2,20,30)(H2,21,25)(H,24,31). The lowest BCUT2D eigenvalue weighted by Gasteiger charge is -2.13. The summed E-state index contributed by atoms with van der Waals surface area (Å²) in [7, 11) is 0. The van der Waals surface area contributed by atoms with Crippen LogP contribution in [0.1, 0.15) is 34.6 Å². The predicted molar refractivity (Wildman–Crippen MR) is 114 cm³/mol. The molecule has 2 aromatic heterocycles. The largest absolute Gasteiger partial charge is 0.484 e. The zero-order chi connectivity index (χ0) is 23.2. The highest BCUT2D eigenvalue weighted by atomic mass is 16.6. The van der Waals surface area contributed by atoms with Crippen LogP contribution in [0.3, 0.4) is 0 Å². The summed E-state index contributed by atoms with van der Waals surface area (Å²) >= 11 is 0. The second kappa shape index (κ2) is 9.86. The van der Waals surface area contributed by atoms with E-state index in [-0.39, 0.29) is 23.9 Å². The van der Waals surface area contributed by atoms with Crippen molar-refractivity contribution in [2.24, 2.45) is 10.8 Å². The molecule has 0 bridgehead atoms. The van der Waals surface area contributed by atoms with Crippen molar-refractivity contribution in [3.63, 3.8) is 0 Å². The average molecular weight is 454 g/mol. The van der Waals surface area contributed by atoms with Crippen molar-refractivity contribution in [3.8, 4) is 11.6 Å². The molecule has 1 aliphatic rings. The normalized spacial score (nSPS) is 14.1. The number of nitrogen functional groups attached to an aromatic ring is 1. The Morgan fingerprint density at radius 2 is 1.97 bits per heavy atom. The molecule has 2 amide bonds. The molecule has 172 valence electrons. The zero-order valence-corrected chi connectivity index (χ0v) is 17.5. The molecule has 4 rings (SSSR count). The van der Waals surface area contributed by atoms with Gasteiger partial charge in [0.15, 0.2) is 12.3 Å². The van der Waals surface area contributed by atoms with Gasteiger partial charge in [0.05, 0.1) is 6.21 Å². The molecule has 33 heavy (non-hydrogen) atoms. The number of nitrogens with one attached hydrogen (secondary N) is 1. The highest BCUT2D eigenvalue weighted by Crippen LogP contribution is 2.19. The maximum Gasteiger partial charge on any atom is 0.292 e. The van der Waals surface area contributed by atoms with E-state index in [1.807, 2.05) is 0 Å². The molecule has 14 nitrogen and oxygen atoms in total. The van der Waals surface area contributed by atoms with Crippen molar-refractivity contribution in [2.45, 2.75) is 19.4 Å². The third-order valence-electron chi connectivity index (χ3n) is 4.86. The number of hydrogen-bond acceptors (Lipinski definition) is 11. The van der Waals surface area contributed by atoms with Crippen molar-refractivity contribution >= 4 is 23.8 Å². The first-order valence-electron chi connectivity index (χ1n) is 10.1. The number of rotatable bonds is 9. The van der Waals surface area contributed by atoms with Crippen LogP contribution in [0.5, 0.6) is 5.75 Å². The lowest BCUT2D eigenvalue weighted by molar-refractivity contribution is -0.119. The Bertz CT molecular complexity index is 1150. The minimum absolute atomic E-state index is 0.0242. The van der Waals surface area contributed by atoms with Crippen molar-refractivity contribution in [2.75, 3.05) is 25.4 Å². The number of likely N-dealkylation sites (tertiary alicyclic amines) is 1. The number of aromatic nitrogens is 5. The smallest absolute Gasteiger partial charge is 0.292 e. The first kappa shape index (κ1) is 21.9. The van der Waals surface area contributed by atoms with Gasteiger partial charge in [-0.25, -0.2) is 10.1 Å². The van der Waals surface area contributed by atoms with Gasteiger partial charge in [0.1, 0.15) is 11.4 Å². The van der Waals surface area contributed by atoms with Gasteiger partial charge < -0.3 is 16.2 Å². The Morgan fingerprint density at radius 3 is 2.64 bits per heavy atom. The monoisotopic (exact) mass is 454 g/mol. The zero-order valence-electron chi connectivity index (χ0n) is 17.5. The van der Waals surface area contributed by atoms with Crippen LogP contribution in [0.4, 0.5) is 5.82 Å². The van der Waals surface area contributed by atoms with E-state index in [2.05, 4.69) is 40.7 Å². The fraction of sp³-hybridized carbons (Fsp3) is 0.316. The molecule has 1 aliphatic heterocycles. The van der Waals surface area contributed by atoms with E-state index in [1.54, 1.807) is 24.3 Å². The van der Waals surface area contributed by atoms with Crippen LogP contribution in [0.25, 0.3) is 5.82 Å². The minimum atomic E-state index is -0.565. The van der Waals surface area contributed by atoms with Crippen molar-refractivity contribution in [3.05, 3.63) is 41.2 Å². The number of nitrogens with zero attached hydrogens (tertiary/aromatic N) is 7. The van der Waals surface area contributed by atoms with Crippen LogP contribution in [0.2, 0.25) is 0 Å². The molecule has 0 spiro atoms. The molecule has 1 saturated heterocycles. The van der Waals surface area contributed by atoms with Crippen LogP contribution in [0.15, 0.2) is 34.0 Å². The van der Waals surface area contributed by atoms with Gasteiger partial charge in [-0.15, -0.1) is 5.10 Å². The number of ether oxygens (including phenoxy) is 1. The van der Waals surface area contributed by atoms with E-state index in [0.717, 1.165) is 25.9 Å². The molecule has 0 unspecified atom stereocenters. The average Bonchev–Trinajstić information content (AvgIpc) is 3.55. The summed E-state index contributed by atoms with van der Waals surface area (Å²) < 4.78 is 11.0. The molecule has 3 aromatic rings. The second-order valence-corrected chi connectivity index (χ2v) is 7.28. The van der Waals surface area contributed by atoms with Gasteiger partial charge in [0.25, 0.3) is 11.8 Å². The highest BCUT2D eigenvalue weighted by molar-refractivity contribution is 5.95. The van der Waals surface area contributed by atoms with E-state index in [0.29, 0.717) is 23.6 Å². The quantitative estimate of drug-likeness (QED) is 0.279. The van der Waals surface area contributed by atoms with Crippen molar-refractivity contribution in [1.82, 2.24) is 35.6 Å². The Hall–Kier alpha value is -4.33. The summed E-state index contributed by atoms with van der Waals surface area (Å²) in [5, 5.41) is 19.4. The molecular weight excluding hydrogens is 432 g/mol. The molecule has 1 aromatic carbocycles. The number of hydrazone groups is 1. The van der Waals surface area contributed by atoms with Crippen LogP contribution in [-0.2, 0) is 11.3 Å². The Labute approximate surface area is 187 Å². The summed E-state index contributed by atoms with van der Waals surface area (Å²) in [5.74, 6) is -0.589. The van der Waals surface area contributed by atoms with Crippen molar-refractivity contribution in [1.29, 1.82) is 0 Å². The van der Waals surface area contributed by atoms with E-state index in [1.165, 1.54) is 10.9 Å². The lowest BCUT2D eigenvalue weighted by atomic mass is 10.2. The topological polar surface area (TPSA) is 193 Å². The van der Waals surface area contributed by atoms with Gasteiger partial charge in [-0.2, -0.15) is 9.78 Å². The lowest BCUT2D eigenvalue weighted by Crippen LogP contribution is -2.26. The van der Waals surface area contributed by atoms with Crippen LogP contribution in [-0.4, -0.2) is 67.9 Å². The van der Waals surface area contributed by atoms with E-state index < -0.39 is 11.8 Å². The summed E-state index contributed by atoms with van der Waals surface area (Å²) in [6.07, 6.45) is 3.63. The fourth-order valence-electron chi connectivity index (χ4n) is 3.31. The molecule has 0 atom stereocenters. The summed E-state index contributed by atoms with van der Waals surface area (Å²) in [6, 6.07) is 6.72. The first-order valence-corrected chi connectivity index (χ1v) is 10.1. The van der Waals surface area contributed by atoms with E-state index in [9.17, 15) is 9.59 Å². The molecule has 0 saturated carbocycles. The molecule has 1 fully saturated rings. The number of hydrogen-bond donors (Lipinski definition) is 3. The van der Waals surface area contributed by atoms with Gasteiger partial charge in [-0.1, -0.05) is 5.21 Å². The summed E-state index contributed by atoms with van der Waals surface area (Å²) in [4.78, 5) is 26.0. The Kier molecular flexibility index (Phi) is 6.54. The maximum atomic E-state index is 13.0. The van der Waals surface area contributed by atoms with Gasteiger partial charge in [-0.05, 0) is 66.1 Å². The molecule has 5 N–H and O–H groups in total. The third kappa shape index (κ3) is 5.30. The van der Waals surface area contributed by atoms with E-state index in [4.69, 9.17) is 16.2 Å². The van der Waals surface area contributed by atoms with E-state index >= 15 is 0 Å². The number of nitrogens with two attached hydrogens (primary N) is 2. The number of carbonyl (C=O) groups excluding carboxylic acids is 2. The van der Waals surface area contributed by atoms with Gasteiger partial charge in [-0.3, -0.25) is 14.5 Å². The molecule has 0 radical (unpaired) electrons. The molecule has 0 aliphatic carbocycles. The minimum Gasteiger partial charge on any atom is -0.484 e. The predicted octanol–water partition coefficient (Wildman–Crippen LogP) is -0.544. The molecule has 3 heterocycles. The van der Waals surface area contributed by atoms with Gasteiger partial charge in [0.2, 0.25) is 11.6 Å². The fourth-order valence-corrected chi connectivity index (χ4v) is 3.31. The SMILES string of the molecule is NC(=O)COc1ccc(C=NNC(=O)c2c(CN3CCCC3)nnn2-c2nonc2N)cc1. The summed E-state index contributed by atoms with van der Waals surface area (Å²) in [6.45, 7) is 2.07. The van der Waals surface area contributed by atoms with Gasteiger partial charge in [0, 0.05) is 6.54 Å². The number of benzene rings is 1. The Balaban J connectivity index is 1.49. The third-order valence-corrected chi connectivity index (χ3v) is 4.86. The van der Waals surface area contributed by atoms with Gasteiger partial charge >= 0.3 is 0 Å². The number of primary amides is 1. The number of anilines is 1.